The predicted molar refractivity (Wildman–Crippen MR) is 166 cm³/mol. The summed E-state index contributed by atoms with van der Waals surface area (Å²) >= 11 is 1.13. The number of hydrogen-bond donors (Lipinski definition) is 7. The molecule has 0 aromatic heterocycles. The van der Waals surface area contributed by atoms with Gasteiger partial charge in [-0.2, -0.15) is 0 Å². The van der Waals surface area contributed by atoms with Crippen molar-refractivity contribution in [3.63, 3.8) is 0 Å². The Balaban J connectivity index is 5.38. The van der Waals surface area contributed by atoms with Crippen LogP contribution in [0.5, 0.6) is 0 Å². The zero-order chi connectivity index (χ0) is 32.5. The maximum absolute atomic E-state index is 12.6. The third-order valence-corrected chi connectivity index (χ3v) is 7.36. The van der Waals surface area contributed by atoms with Crippen LogP contribution in [0.15, 0.2) is 48.6 Å². The van der Waals surface area contributed by atoms with Crippen molar-refractivity contribution in [1.82, 2.24) is 10.6 Å². The normalized spacial score (nSPS) is 14.7. The zero-order valence-corrected chi connectivity index (χ0v) is 25.5. The van der Waals surface area contributed by atoms with Gasteiger partial charge in [-0.25, -0.2) is 0 Å². The summed E-state index contributed by atoms with van der Waals surface area (Å²) in [6, 6.07) is -2.45. The number of aliphatic carboxylic acids is 3. The second-order valence-corrected chi connectivity index (χ2v) is 11.0. The Hall–Kier alpha value is -3.42. The molecule has 242 valence electrons. The van der Waals surface area contributed by atoms with Gasteiger partial charge < -0.3 is 36.8 Å². The van der Waals surface area contributed by atoms with Crippen LogP contribution in [0.3, 0.4) is 0 Å². The highest BCUT2D eigenvalue weighted by molar-refractivity contribution is 8.00. The van der Waals surface area contributed by atoms with E-state index in [4.69, 9.17) is 21.1 Å². The highest BCUT2D eigenvalue weighted by Crippen LogP contribution is 2.22. The summed E-state index contributed by atoms with van der Waals surface area (Å²) in [5.74, 6) is -5.01. The molecule has 43 heavy (non-hydrogen) atoms. The van der Waals surface area contributed by atoms with Crippen LogP contribution in [0.4, 0.5) is 0 Å². The van der Waals surface area contributed by atoms with Crippen molar-refractivity contribution < 1.29 is 44.4 Å². The Morgan fingerprint density at radius 1 is 0.860 bits per heavy atom. The number of aliphatic hydroxyl groups excluding tert-OH is 1. The molecule has 13 heteroatoms. The van der Waals surface area contributed by atoms with Crippen molar-refractivity contribution in [3.05, 3.63) is 48.6 Å². The molecular weight excluding hydrogens is 578 g/mol. The summed E-state index contributed by atoms with van der Waals surface area (Å²) in [7, 11) is 0. The molecule has 0 aliphatic heterocycles. The summed E-state index contributed by atoms with van der Waals surface area (Å²) in [5, 5.41) is 41.6. The summed E-state index contributed by atoms with van der Waals surface area (Å²) < 4.78 is 0. The van der Waals surface area contributed by atoms with Gasteiger partial charge in [0.05, 0.1) is 6.10 Å². The van der Waals surface area contributed by atoms with E-state index in [1.807, 2.05) is 18.2 Å². The first-order chi connectivity index (χ1) is 20.5. The van der Waals surface area contributed by atoms with Crippen molar-refractivity contribution in [1.29, 1.82) is 0 Å². The molecule has 2 amide bonds. The third kappa shape index (κ3) is 22.8. The van der Waals surface area contributed by atoms with E-state index in [0.29, 0.717) is 0 Å². The monoisotopic (exact) mass is 625 g/mol. The van der Waals surface area contributed by atoms with Crippen LogP contribution >= 0.6 is 11.8 Å². The molecule has 0 aliphatic rings. The van der Waals surface area contributed by atoms with Gasteiger partial charge in [0, 0.05) is 23.8 Å². The number of carbonyl (C=O) groups is 5. The first-order valence-electron chi connectivity index (χ1n) is 14.4. The lowest BCUT2D eigenvalue weighted by Crippen LogP contribution is -2.50. The van der Waals surface area contributed by atoms with Crippen LogP contribution in [0.25, 0.3) is 0 Å². The first kappa shape index (κ1) is 39.6. The molecule has 0 rings (SSSR count). The lowest BCUT2D eigenvalue weighted by atomic mass is 10.1. The Kier molecular flexibility index (Phi) is 23.1. The molecule has 0 spiro atoms. The molecule has 4 atom stereocenters. The molecule has 0 bridgehead atoms. The van der Waals surface area contributed by atoms with Crippen LogP contribution in [-0.2, 0) is 24.0 Å². The molecule has 0 saturated carbocycles. The summed E-state index contributed by atoms with van der Waals surface area (Å²) in [4.78, 5) is 57.8. The highest BCUT2D eigenvalue weighted by Gasteiger charge is 2.25. The smallest absolute Gasteiger partial charge is 0.322 e. The highest BCUT2D eigenvalue weighted by atomic mass is 32.2. The van der Waals surface area contributed by atoms with E-state index in [2.05, 4.69) is 29.7 Å². The van der Waals surface area contributed by atoms with Gasteiger partial charge in [-0.05, 0) is 38.5 Å². The van der Waals surface area contributed by atoms with Gasteiger partial charge in [-0.15, -0.1) is 11.8 Å². The Morgan fingerprint density at radius 3 is 2.23 bits per heavy atom. The molecule has 8 N–H and O–H groups in total. The number of hydrogen-bond acceptors (Lipinski definition) is 8. The maximum Gasteiger partial charge on any atom is 0.322 e. The van der Waals surface area contributed by atoms with Crippen LogP contribution in [-0.4, -0.2) is 85.9 Å². The van der Waals surface area contributed by atoms with Gasteiger partial charge >= 0.3 is 17.9 Å². The molecule has 0 aromatic rings. The maximum atomic E-state index is 12.6. The number of carboxylic acid groups (broad SMARTS) is 3. The zero-order valence-electron chi connectivity index (χ0n) is 24.7. The molecular formula is C30H47N3O9S. The summed E-state index contributed by atoms with van der Waals surface area (Å²) in [5.41, 5.74) is 5.43. The molecule has 0 saturated heterocycles. The average molecular weight is 626 g/mol. The van der Waals surface area contributed by atoms with Crippen LogP contribution in [0.1, 0.15) is 71.1 Å². The Bertz CT molecular complexity index is 982. The lowest BCUT2D eigenvalue weighted by Gasteiger charge is -2.23. The minimum absolute atomic E-state index is 0.0542. The van der Waals surface area contributed by atoms with E-state index in [1.54, 1.807) is 18.2 Å². The number of amides is 2. The van der Waals surface area contributed by atoms with E-state index in [9.17, 15) is 29.1 Å². The quantitative estimate of drug-likeness (QED) is 0.0444. The number of nitrogens with two attached hydrogens (primary N) is 1. The van der Waals surface area contributed by atoms with E-state index >= 15 is 0 Å². The standard InChI is InChI=1S/C30H47N3O9S/c1-2-3-4-5-6-7-8-9-10-11-12-13-16-25(24(34)15-14-17-27(36)37)43-21-23(29(40)32-20-28(38)39)33-26(35)19-18-22(31)30(41)42/h6-7,9-13,16,22-25,34H,2-5,8,14-15,17-21,31H2,1H3,(H,32,40)(H,33,35)(H,36,37)(H,38,39)(H,41,42)/b7-6-,10-9-,12-11+,16-13+/t22-,23-,24-,25-/m0/s1. The van der Waals surface area contributed by atoms with Crippen molar-refractivity contribution in [3.8, 4) is 0 Å². The van der Waals surface area contributed by atoms with Gasteiger partial charge in [0.25, 0.3) is 0 Å². The Labute approximate surface area is 257 Å². The fraction of sp³-hybridized carbons (Fsp3) is 0.567. The van der Waals surface area contributed by atoms with Crippen LogP contribution in [0.2, 0.25) is 0 Å². The number of unbranched alkanes of at least 4 members (excludes halogenated alkanes) is 3. The minimum atomic E-state index is -1.28. The first-order valence-corrected chi connectivity index (χ1v) is 15.5. The predicted octanol–water partition coefficient (Wildman–Crippen LogP) is 2.78. The molecule has 0 radical (unpaired) electrons. The number of rotatable bonds is 25. The average Bonchev–Trinajstić information content (AvgIpc) is 2.95. The molecule has 0 unspecified atom stereocenters. The number of carbonyl (C=O) groups excluding carboxylic acids is 2. The second kappa shape index (κ2) is 25.1. The SMILES string of the molecule is CCCCC/C=C\C\C=C/C=C/C=C/[C@H](SC[C@H](NC(=O)CC[C@H](N)C(=O)O)C(=O)NCC(=O)O)[C@@H](O)CCCC(=O)O. The van der Waals surface area contributed by atoms with Crippen molar-refractivity contribution in [2.75, 3.05) is 12.3 Å². The van der Waals surface area contributed by atoms with Gasteiger partial charge in [-0.3, -0.25) is 24.0 Å². The number of allylic oxidation sites excluding steroid dienone is 7. The van der Waals surface area contributed by atoms with Crippen LogP contribution in [0, 0.1) is 0 Å². The minimum Gasteiger partial charge on any atom is -0.481 e. The molecule has 0 aliphatic carbocycles. The summed E-state index contributed by atoms with van der Waals surface area (Å²) in [6.07, 6.45) is 19.5. The lowest BCUT2D eigenvalue weighted by molar-refractivity contribution is -0.139. The van der Waals surface area contributed by atoms with Gasteiger partial charge in [0.15, 0.2) is 0 Å². The van der Waals surface area contributed by atoms with E-state index in [1.165, 1.54) is 19.3 Å². The van der Waals surface area contributed by atoms with E-state index in [-0.39, 0.29) is 37.9 Å². The topological polar surface area (TPSA) is 216 Å². The molecule has 0 aromatic carbocycles. The van der Waals surface area contributed by atoms with Crippen molar-refractivity contribution in [2.24, 2.45) is 5.73 Å². The Morgan fingerprint density at radius 2 is 1.58 bits per heavy atom. The molecule has 0 fully saturated rings. The second-order valence-electron chi connectivity index (χ2n) is 9.77. The number of thioether (sulfide) groups is 1. The number of carboxylic acids is 3. The fourth-order valence-corrected chi connectivity index (χ4v) is 4.75. The number of aliphatic hydroxyl groups is 1. The summed E-state index contributed by atoms with van der Waals surface area (Å²) in [6.45, 7) is 1.49. The van der Waals surface area contributed by atoms with Crippen molar-refractivity contribution in [2.45, 2.75) is 94.6 Å². The van der Waals surface area contributed by atoms with Gasteiger partial charge in [0.1, 0.15) is 18.6 Å². The van der Waals surface area contributed by atoms with E-state index in [0.717, 1.165) is 24.6 Å². The van der Waals surface area contributed by atoms with Gasteiger partial charge in [0.2, 0.25) is 11.8 Å². The van der Waals surface area contributed by atoms with Crippen LogP contribution < -0.4 is 16.4 Å². The molecule has 12 nitrogen and oxygen atoms in total. The van der Waals surface area contributed by atoms with E-state index < -0.39 is 59.7 Å². The largest absolute Gasteiger partial charge is 0.481 e. The van der Waals surface area contributed by atoms with Gasteiger partial charge in [-0.1, -0.05) is 68.4 Å². The molecule has 0 heterocycles. The third-order valence-electron chi connectivity index (χ3n) is 5.97. The van der Waals surface area contributed by atoms with Crippen molar-refractivity contribution >= 4 is 41.5 Å². The fourth-order valence-electron chi connectivity index (χ4n) is 3.54. The number of nitrogens with one attached hydrogen (secondary N) is 2.